The van der Waals surface area contributed by atoms with Crippen LogP contribution < -0.4 is 10.9 Å². The maximum Gasteiger partial charge on any atom is 0.274 e. The molecule has 1 atom stereocenters. The lowest BCUT2D eigenvalue weighted by molar-refractivity contribution is 0.0929. The zero-order valence-corrected chi connectivity index (χ0v) is 17.7. The Morgan fingerprint density at radius 1 is 1.28 bits per heavy atom. The van der Waals surface area contributed by atoms with Crippen molar-refractivity contribution in [3.63, 3.8) is 0 Å². The van der Waals surface area contributed by atoms with Gasteiger partial charge in [-0.25, -0.2) is 4.68 Å². The standard InChI is InChI=1S/C22H22ClN3O2S/c1-2-3-11-26-22(28)16-7-5-4-6-15(16)20(25-26)21(27)24-18-10-12-29-19-9-8-14(23)13-17(18)19/h4-9,13,18H,2-3,10-12H2,1H3,(H,24,27)/t18-/m0/s1. The molecular weight excluding hydrogens is 406 g/mol. The highest BCUT2D eigenvalue weighted by Gasteiger charge is 2.25. The fourth-order valence-corrected chi connectivity index (χ4v) is 4.89. The molecule has 0 spiro atoms. The molecule has 7 heteroatoms. The van der Waals surface area contributed by atoms with Crippen molar-refractivity contribution in [3.05, 3.63) is 69.1 Å². The average molecular weight is 428 g/mol. The van der Waals surface area contributed by atoms with Gasteiger partial charge in [0, 0.05) is 27.6 Å². The number of hydrogen-bond donors (Lipinski definition) is 1. The molecule has 1 amide bonds. The summed E-state index contributed by atoms with van der Waals surface area (Å²) in [5.74, 6) is 0.651. The zero-order chi connectivity index (χ0) is 20.4. The summed E-state index contributed by atoms with van der Waals surface area (Å²) in [5.41, 5.74) is 1.17. The Balaban J connectivity index is 1.72. The average Bonchev–Trinajstić information content (AvgIpc) is 2.74. The zero-order valence-electron chi connectivity index (χ0n) is 16.2. The van der Waals surface area contributed by atoms with E-state index in [9.17, 15) is 9.59 Å². The number of halogens is 1. The van der Waals surface area contributed by atoms with Gasteiger partial charge < -0.3 is 5.32 Å². The Hall–Kier alpha value is -2.31. The van der Waals surface area contributed by atoms with Crippen LogP contribution in [0, 0.1) is 0 Å². The fourth-order valence-electron chi connectivity index (χ4n) is 3.60. The second kappa shape index (κ2) is 8.59. The molecule has 150 valence electrons. The van der Waals surface area contributed by atoms with E-state index in [2.05, 4.69) is 17.3 Å². The highest BCUT2D eigenvalue weighted by atomic mass is 35.5. The van der Waals surface area contributed by atoms with E-state index in [1.165, 1.54) is 4.68 Å². The first-order chi connectivity index (χ1) is 14.1. The number of rotatable bonds is 5. The number of benzene rings is 2. The van der Waals surface area contributed by atoms with Gasteiger partial charge in [-0.3, -0.25) is 9.59 Å². The third-order valence-corrected chi connectivity index (χ3v) is 6.48. The minimum atomic E-state index is -0.269. The normalized spacial score (nSPS) is 15.9. The van der Waals surface area contributed by atoms with Gasteiger partial charge in [0.2, 0.25) is 0 Å². The molecule has 0 aliphatic carbocycles. The number of carbonyl (C=O) groups is 1. The van der Waals surface area contributed by atoms with E-state index < -0.39 is 0 Å². The molecule has 1 aliphatic rings. The summed E-state index contributed by atoms with van der Waals surface area (Å²) in [6, 6.07) is 12.8. The Bertz CT molecular complexity index is 1130. The molecule has 4 rings (SSSR count). The molecule has 3 aromatic rings. The summed E-state index contributed by atoms with van der Waals surface area (Å²) in [7, 11) is 0. The Labute approximate surface area is 178 Å². The molecule has 5 nitrogen and oxygen atoms in total. The van der Waals surface area contributed by atoms with Crippen LogP contribution in [-0.4, -0.2) is 21.4 Å². The Kier molecular flexibility index (Phi) is 5.92. The first-order valence-electron chi connectivity index (χ1n) is 9.81. The van der Waals surface area contributed by atoms with E-state index in [0.717, 1.165) is 35.5 Å². The highest BCUT2D eigenvalue weighted by molar-refractivity contribution is 7.99. The smallest absolute Gasteiger partial charge is 0.274 e. The van der Waals surface area contributed by atoms with E-state index in [1.54, 1.807) is 23.9 Å². The molecule has 2 heterocycles. The molecule has 2 aromatic carbocycles. The second-order valence-electron chi connectivity index (χ2n) is 7.12. The second-order valence-corrected chi connectivity index (χ2v) is 8.69. The van der Waals surface area contributed by atoms with E-state index in [4.69, 9.17) is 11.6 Å². The lowest BCUT2D eigenvalue weighted by Crippen LogP contribution is -2.34. The van der Waals surface area contributed by atoms with Crippen LogP contribution in [0.1, 0.15) is 48.3 Å². The SMILES string of the molecule is CCCCn1nc(C(=O)N[C@H]2CCSc3ccc(Cl)cc32)c2ccccc2c1=O. The summed E-state index contributed by atoms with van der Waals surface area (Å²) < 4.78 is 1.42. The third-order valence-electron chi connectivity index (χ3n) is 5.12. The quantitative estimate of drug-likeness (QED) is 0.634. The monoisotopic (exact) mass is 427 g/mol. The topological polar surface area (TPSA) is 64.0 Å². The highest BCUT2D eigenvalue weighted by Crippen LogP contribution is 2.37. The van der Waals surface area contributed by atoms with Gasteiger partial charge in [0.05, 0.1) is 11.4 Å². The summed E-state index contributed by atoms with van der Waals surface area (Å²) >= 11 is 7.96. The number of nitrogens with one attached hydrogen (secondary N) is 1. The summed E-state index contributed by atoms with van der Waals surface area (Å²) in [6.45, 7) is 2.56. The fraction of sp³-hybridized carbons (Fsp3) is 0.318. The maximum absolute atomic E-state index is 13.2. The third kappa shape index (κ3) is 4.05. The molecule has 0 saturated heterocycles. The van der Waals surface area contributed by atoms with Crippen molar-refractivity contribution in [3.8, 4) is 0 Å². The van der Waals surface area contributed by atoms with Gasteiger partial charge in [0.1, 0.15) is 0 Å². The lowest BCUT2D eigenvalue weighted by atomic mass is 10.0. The van der Waals surface area contributed by atoms with Crippen molar-refractivity contribution in [2.24, 2.45) is 0 Å². The van der Waals surface area contributed by atoms with E-state index >= 15 is 0 Å². The Morgan fingerprint density at radius 2 is 2.07 bits per heavy atom. The van der Waals surface area contributed by atoms with E-state index in [0.29, 0.717) is 22.3 Å². The van der Waals surface area contributed by atoms with Gasteiger partial charge in [0.15, 0.2) is 5.69 Å². The number of aromatic nitrogens is 2. The maximum atomic E-state index is 13.2. The number of carbonyl (C=O) groups excluding carboxylic acids is 1. The predicted molar refractivity (Wildman–Crippen MR) is 118 cm³/mol. The van der Waals surface area contributed by atoms with Crippen LogP contribution in [0.2, 0.25) is 5.02 Å². The van der Waals surface area contributed by atoms with Gasteiger partial charge in [0.25, 0.3) is 11.5 Å². The van der Waals surface area contributed by atoms with Crippen molar-refractivity contribution in [1.29, 1.82) is 0 Å². The van der Waals surface area contributed by atoms with E-state index in [-0.39, 0.29) is 23.2 Å². The Morgan fingerprint density at radius 3 is 2.86 bits per heavy atom. The number of nitrogens with zero attached hydrogens (tertiary/aromatic N) is 2. The largest absolute Gasteiger partial charge is 0.344 e. The molecule has 0 saturated carbocycles. The van der Waals surface area contributed by atoms with Crippen LogP contribution in [0.4, 0.5) is 0 Å². The summed E-state index contributed by atoms with van der Waals surface area (Å²) in [6.07, 6.45) is 2.59. The van der Waals surface area contributed by atoms with Crippen LogP contribution in [0.15, 0.2) is 52.2 Å². The minimum absolute atomic E-state index is 0.131. The number of hydrogen-bond acceptors (Lipinski definition) is 4. The van der Waals surface area contributed by atoms with Crippen LogP contribution in [-0.2, 0) is 6.54 Å². The first kappa shape index (κ1) is 20.0. The summed E-state index contributed by atoms with van der Waals surface area (Å²) in [5, 5.41) is 9.32. The van der Waals surface area contributed by atoms with Gasteiger partial charge in [-0.2, -0.15) is 5.10 Å². The molecule has 1 N–H and O–H groups in total. The first-order valence-corrected chi connectivity index (χ1v) is 11.2. The van der Waals surface area contributed by atoms with Crippen LogP contribution in [0.3, 0.4) is 0 Å². The van der Waals surface area contributed by atoms with Crippen LogP contribution >= 0.6 is 23.4 Å². The molecule has 29 heavy (non-hydrogen) atoms. The van der Waals surface area contributed by atoms with Crippen molar-refractivity contribution in [2.45, 2.75) is 43.7 Å². The molecule has 0 unspecified atom stereocenters. The lowest BCUT2D eigenvalue weighted by Gasteiger charge is -2.26. The van der Waals surface area contributed by atoms with Crippen LogP contribution in [0.25, 0.3) is 10.8 Å². The van der Waals surface area contributed by atoms with E-state index in [1.807, 2.05) is 30.3 Å². The van der Waals surface area contributed by atoms with Crippen molar-refractivity contribution < 1.29 is 4.79 Å². The molecule has 0 radical (unpaired) electrons. The number of unbranched alkanes of at least 4 members (excludes halogenated alkanes) is 1. The molecule has 0 fully saturated rings. The molecular formula is C22H22ClN3O2S. The van der Waals surface area contributed by atoms with Crippen molar-refractivity contribution in [2.75, 3.05) is 5.75 Å². The van der Waals surface area contributed by atoms with Gasteiger partial charge in [-0.05, 0) is 42.7 Å². The van der Waals surface area contributed by atoms with Gasteiger partial charge in [-0.15, -0.1) is 11.8 Å². The predicted octanol–water partition coefficient (Wildman–Crippen LogP) is 4.82. The number of thioether (sulfide) groups is 1. The van der Waals surface area contributed by atoms with Gasteiger partial charge in [-0.1, -0.05) is 43.1 Å². The summed E-state index contributed by atoms with van der Waals surface area (Å²) in [4.78, 5) is 27.1. The van der Waals surface area contributed by atoms with Crippen LogP contribution in [0.5, 0.6) is 0 Å². The van der Waals surface area contributed by atoms with Gasteiger partial charge >= 0.3 is 0 Å². The van der Waals surface area contributed by atoms with Crippen molar-refractivity contribution in [1.82, 2.24) is 15.1 Å². The number of amides is 1. The molecule has 1 aromatic heterocycles. The number of aryl methyl sites for hydroxylation is 1. The number of fused-ring (bicyclic) bond motifs is 2. The molecule has 1 aliphatic heterocycles. The minimum Gasteiger partial charge on any atom is -0.344 e. The van der Waals surface area contributed by atoms with Crippen molar-refractivity contribution >= 4 is 40.0 Å². The molecule has 0 bridgehead atoms.